The molecular formula is C14H27N3O3. The van der Waals surface area contributed by atoms with Gasteiger partial charge in [-0.3, -0.25) is 4.68 Å². The van der Waals surface area contributed by atoms with E-state index in [1.807, 2.05) is 18.7 Å². The highest BCUT2D eigenvalue weighted by atomic mass is 16.5. The van der Waals surface area contributed by atoms with E-state index in [0.29, 0.717) is 33.0 Å². The van der Waals surface area contributed by atoms with Gasteiger partial charge in [-0.05, 0) is 13.8 Å². The third-order valence-corrected chi connectivity index (χ3v) is 3.19. The lowest BCUT2D eigenvalue weighted by atomic mass is 10.2. The first-order valence-corrected chi connectivity index (χ1v) is 7.01. The number of rotatable bonds is 11. The van der Waals surface area contributed by atoms with Gasteiger partial charge in [0.15, 0.2) is 0 Å². The maximum absolute atomic E-state index is 5.47. The Morgan fingerprint density at radius 1 is 1.05 bits per heavy atom. The van der Waals surface area contributed by atoms with Crippen molar-refractivity contribution in [1.29, 1.82) is 0 Å². The normalized spacial score (nSPS) is 11.2. The second kappa shape index (κ2) is 9.88. The molecule has 0 saturated heterocycles. The van der Waals surface area contributed by atoms with Crippen LogP contribution in [0, 0.1) is 13.8 Å². The van der Waals surface area contributed by atoms with Crippen LogP contribution in [-0.2, 0) is 27.8 Å². The molecule has 0 spiro atoms. The number of nitrogens with one attached hydrogen (secondary N) is 1. The van der Waals surface area contributed by atoms with Gasteiger partial charge in [-0.25, -0.2) is 0 Å². The van der Waals surface area contributed by atoms with Gasteiger partial charge in [-0.15, -0.1) is 0 Å². The van der Waals surface area contributed by atoms with Crippen LogP contribution in [-0.4, -0.2) is 56.5 Å². The monoisotopic (exact) mass is 285 g/mol. The summed E-state index contributed by atoms with van der Waals surface area (Å²) in [7, 11) is 3.63. The molecule has 20 heavy (non-hydrogen) atoms. The molecular weight excluding hydrogens is 258 g/mol. The highest BCUT2D eigenvalue weighted by molar-refractivity contribution is 5.23. The van der Waals surface area contributed by atoms with E-state index in [4.69, 9.17) is 14.2 Å². The molecule has 1 rings (SSSR count). The van der Waals surface area contributed by atoms with Crippen molar-refractivity contribution in [2.45, 2.75) is 20.4 Å². The second-order valence-electron chi connectivity index (χ2n) is 4.67. The highest BCUT2D eigenvalue weighted by Gasteiger charge is 2.07. The summed E-state index contributed by atoms with van der Waals surface area (Å²) in [6.45, 7) is 8.96. The molecule has 0 aliphatic rings. The lowest BCUT2D eigenvalue weighted by Crippen LogP contribution is -2.21. The Kier molecular flexibility index (Phi) is 8.45. The molecule has 0 amide bonds. The summed E-state index contributed by atoms with van der Waals surface area (Å²) >= 11 is 0. The lowest BCUT2D eigenvalue weighted by Gasteiger charge is -2.07. The zero-order valence-corrected chi connectivity index (χ0v) is 13.1. The minimum atomic E-state index is 0.615. The molecule has 0 unspecified atom stereocenters. The first kappa shape index (κ1) is 17.1. The number of methoxy groups -OCH3 is 1. The van der Waals surface area contributed by atoms with E-state index in [1.54, 1.807) is 7.11 Å². The first-order valence-electron chi connectivity index (χ1n) is 7.01. The number of aromatic nitrogens is 2. The van der Waals surface area contributed by atoms with Crippen LogP contribution in [0.25, 0.3) is 0 Å². The van der Waals surface area contributed by atoms with Gasteiger partial charge in [0.25, 0.3) is 0 Å². The van der Waals surface area contributed by atoms with Crippen LogP contribution in [0.3, 0.4) is 0 Å². The van der Waals surface area contributed by atoms with Crippen molar-refractivity contribution in [2.24, 2.45) is 7.05 Å². The Bertz CT molecular complexity index is 380. The fraction of sp³-hybridized carbons (Fsp3) is 0.786. The largest absolute Gasteiger partial charge is 0.382 e. The van der Waals surface area contributed by atoms with E-state index in [-0.39, 0.29) is 0 Å². The smallest absolute Gasteiger partial charge is 0.0701 e. The molecule has 116 valence electrons. The molecule has 1 aromatic heterocycles. The molecule has 0 atom stereocenters. The molecule has 6 nitrogen and oxygen atoms in total. The van der Waals surface area contributed by atoms with Crippen molar-refractivity contribution in [1.82, 2.24) is 15.1 Å². The molecule has 0 bridgehead atoms. The zero-order valence-electron chi connectivity index (χ0n) is 13.1. The van der Waals surface area contributed by atoms with Crippen molar-refractivity contribution < 1.29 is 14.2 Å². The van der Waals surface area contributed by atoms with Gasteiger partial charge in [-0.2, -0.15) is 5.10 Å². The molecule has 1 heterocycles. The minimum Gasteiger partial charge on any atom is -0.382 e. The van der Waals surface area contributed by atoms with Gasteiger partial charge in [0.2, 0.25) is 0 Å². The van der Waals surface area contributed by atoms with Crippen molar-refractivity contribution in [3.05, 3.63) is 17.0 Å². The van der Waals surface area contributed by atoms with E-state index < -0.39 is 0 Å². The molecule has 0 radical (unpaired) electrons. The van der Waals surface area contributed by atoms with Crippen LogP contribution in [0.2, 0.25) is 0 Å². The maximum Gasteiger partial charge on any atom is 0.0701 e. The molecule has 0 aliphatic heterocycles. The second-order valence-corrected chi connectivity index (χ2v) is 4.67. The van der Waals surface area contributed by atoms with Crippen LogP contribution in [0.4, 0.5) is 0 Å². The van der Waals surface area contributed by atoms with Gasteiger partial charge >= 0.3 is 0 Å². The Hall–Kier alpha value is -0.950. The number of hydrogen-bond donors (Lipinski definition) is 1. The van der Waals surface area contributed by atoms with Crippen molar-refractivity contribution in [2.75, 3.05) is 46.7 Å². The molecule has 1 aromatic rings. The summed E-state index contributed by atoms with van der Waals surface area (Å²) in [5, 5.41) is 7.76. The molecule has 6 heteroatoms. The molecule has 0 fully saturated rings. The summed E-state index contributed by atoms with van der Waals surface area (Å²) in [6, 6.07) is 0. The van der Waals surface area contributed by atoms with E-state index in [2.05, 4.69) is 17.3 Å². The number of hydrogen-bond acceptors (Lipinski definition) is 5. The zero-order chi connectivity index (χ0) is 14.8. The number of ether oxygens (including phenoxy) is 3. The van der Waals surface area contributed by atoms with Gasteiger partial charge in [-0.1, -0.05) is 0 Å². The van der Waals surface area contributed by atoms with Crippen molar-refractivity contribution in [3.8, 4) is 0 Å². The van der Waals surface area contributed by atoms with Gasteiger partial charge in [0, 0.05) is 38.5 Å². The predicted molar refractivity (Wildman–Crippen MR) is 77.9 cm³/mol. The minimum absolute atomic E-state index is 0.615. The molecule has 0 aliphatic carbocycles. The Labute approximate surface area is 121 Å². The highest BCUT2D eigenvalue weighted by Crippen LogP contribution is 2.10. The van der Waals surface area contributed by atoms with Gasteiger partial charge < -0.3 is 19.5 Å². The Balaban J connectivity index is 2.00. The molecule has 0 aromatic carbocycles. The van der Waals surface area contributed by atoms with Gasteiger partial charge in [0.1, 0.15) is 0 Å². The van der Waals surface area contributed by atoms with Crippen LogP contribution in [0.5, 0.6) is 0 Å². The average molecular weight is 285 g/mol. The van der Waals surface area contributed by atoms with E-state index >= 15 is 0 Å². The Morgan fingerprint density at radius 3 is 2.30 bits per heavy atom. The lowest BCUT2D eigenvalue weighted by molar-refractivity contribution is 0.0255. The predicted octanol–water partition coefficient (Wildman–Crippen LogP) is 0.806. The van der Waals surface area contributed by atoms with Crippen molar-refractivity contribution >= 4 is 0 Å². The topological polar surface area (TPSA) is 57.5 Å². The summed E-state index contributed by atoms with van der Waals surface area (Å²) < 4.78 is 17.6. The van der Waals surface area contributed by atoms with Crippen LogP contribution in [0.15, 0.2) is 0 Å². The summed E-state index contributed by atoms with van der Waals surface area (Å²) in [5.74, 6) is 0. The molecule has 1 N–H and O–H groups in total. The van der Waals surface area contributed by atoms with Crippen molar-refractivity contribution in [3.63, 3.8) is 0 Å². The fourth-order valence-electron chi connectivity index (χ4n) is 1.90. The number of nitrogens with zero attached hydrogens (tertiary/aromatic N) is 2. The quantitative estimate of drug-likeness (QED) is 0.610. The van der Waals surface area contributed by atoms with E-state index in [1.165, 1.54) is 11.3 Å². The summed E-state index contributed by atoms with van der Waals surface area (Å²) in [5.41, 5.74) is 3.57. The van der Waals surface area contributed by atoms with E-state index in [0.717, 1.165) is 18.8 Å². The standard InChI is InChI=1S/C14H27N3O3/c1-12-14(13(2)17(3)16-12)11-15-5-6-19-9-10-20-8-7-18-4/h15H,5-11H2,1-4H3. The number of aryl methyl sites for hydroxylation is 2. The third kappa shape index (κ3) is 6.00. The molecule has 0 saturated carbocycles. The SMILES string of the molecule is COCCOCCOCCNCc1c(C)nn(C)c1C. The third-order valence-electron chi connectivity index (χ3n) is 3.19. The maximum atomic E-state index is 5.47. The van der Waals surface area contributed by atoms with Gasteiger partial charge in [0.05, 0.1) is 38.7 Å². The van der Waals surface area contributed by atoms with Crippen LogP contribution >= 0.6 is 0 Å². The Morgan fingerprint density at radius 2 is 1.70 bits per heavy atom. The summed E-state index contributed by atoms with van der Waals surface area (Å²) in [4.78, 5) is 0. The summed E-state index contributed by atoms with van der Waals surface area (Å²) in [6.07, 6.45) is 0. The fourth-order valence-corrected chi connectivity index (χ4v) is 1.90. The van der Waals surface area contributed by atoms with Crippen LogP contribution in [0.1, 0.15) is 17.0 Å². The van der Waals surface area contributed by atoms with Crippen LogP contribution < -0.4 is 5.32 Å². The average Bonchev–Trinajstić information content (AvgIpc) is 2.67. The van der Waals surface area contributed by atoms with E-state index in [9.17, 15) is 0 Å². The first-order chi connectivity index (χ1) is 9.66.